The van der Waals surface area contributed by atoms with Gasteiger partial charge in [-0.2, -0.15) is 5.26 Å². The van der Waals surface area contributed by atoms with Crippen LogP contribution in [0.1, 0.15) is 33.1 Å². The van der Waals surface area contributed by atoms with Crippen molar-refractivity contribution < 1.29 is 9.53 Å². The molecule has 2 unspecified atom stereocenters. The summed E-state index contributed by atoms with van der Waals surface area (Å²) in [5, 5.41) is 11.6. The highest BCUT2D eigenvalue weighted by Crippen LogP contribution is 2.05. The first kappa shape index (κ1) is 13.9. The van der Waals surface area contributed by atoms with Crippen LogP contribution in [0.4, 0.5) is 0 Å². The number of ether oxygens (including phenoxy) is 1. The van der Waals surface area contributed by atoms with Gasteiger partial charge in [-0.1, -0.05) is 20.3 Å². The molecule has 0 radical (unpaired) electrons. The van der Waals surface area contributed by atoms with Crippen LogP contribution in [-0.2, 0) is 9.53 Å². The topological polar surface area (TPSA) is 62.1 Å². The predicted molar refractivity (Wildman–Crippen MR) is 58.1 cm³/mol. The fourth-order valence-corrected chi connectivity index (χ4v) is 1.31. The van der Waals surface area contributed by atoms with Crippen molar-refractivity contribution in [1.82, 2.24) is 5.32 Å². The first-order valence-corrected chi connectivity index (χ1v) is 5.38. The summed E-state index contributed by atoms with van der Waals surface area (Å²) in [6, 6.07) is 2.03. The minimum atomic E-state index is -0.527. The van der Waals surface area contributed by atoms with Crippen LogP contribution in [0, 0.1) is 17.2 Å². The summed E-state index contributed by atoms with van der Waals surface area (Å²) in [4.78, 5) is 11.6. The standard InChI is InChI=1S/C11H20N2O2/c1-4-6-9(7-12)11(14)13-10(5-2)8-15-3/h9-10H,4-6,8H2,1-3H3,(H,13,14). The van der Waals surface area contributed by atoms with Crippen LogP contribution in [0.3, 0.4) is 0 Å². The van der Waals surface area contributed by atoms with Gasteiger partial charge >= 0.3 is 0 Å². The van der Waals surface area contributed by atoms with Gasteiger partial charge in [0.1, 0.15) is 5.92 Å². The molecule has 15 heavy (non-hydrogen) atoms. The summed E-state index contributed by atoms with van der Waals surface area (Å²) in [6.07, 6.45) is 2.27. The first-order valence-electron chi connectivity index (χ1n) is 5.38. The van der Waals surface area contributed by atoms with Crippen molar-refractivity contribution in [2.75, 3.05) is 13.7 Å². The van der Waals surface area contributed by atoms with Crippen molar-refractivity contribution in [1.29, 1.82) is 5.26 Å². The first-order chi connectivity index (χ1) is 7.19. The number of nitrogens with one attached hydrogen (secondary N) is 1. The second-order valence-electron chi connectivity index (χ2n) is 3.54. The van der Waals surface area contributed by atoms with Crippen LogP contribution >= 0.6 is 0 Å². The fourth-order valence-electron chi connectivity index (χ4n) is 1.31. The Kier molecular flexibility index (Phi) is 7.65. The van der Waals surface area contributed by atoms with Crippen LogP contribution in [0.5, 0.6) is 0 Å². The van der Waals surface area contributed by atoms with Gasteiger partial charge in [-0.15, -0.1) is 0 Å². The van der Waals surface area contributed by atoms with Gasteiger partial charge in [0.25, 0.3) is 0 Å². The van der Waals surface area contributed by atoms with E-state index in [4.69, 9.17) is 10.00 Å². The Hall–Kier alpha value is -1.08. The van der Waals surface area contributed by atoms with Crippen molar-refractivity contribution in [2.45, 2.75) is 39.2 Å². The average molecular weight is 212 g/mol. The van der Waals surface area contributed by atoms with Crippen LogP contribution in [0.25, 0.3) is 0 Å². The number of hydrogen-bond donors (Lipinski definition) is 1. The van der Waals surface area contributed by atoms with Gasteiger partial charge in [-0.3, -0.25) is 4.79 Å². The smallest absolute Gasteiger partial charge is 0.237 e. The van der Waals surface area contributed by atoms with Crippen molar-refractivity contribution in [3.05, 3.63) is 0 Å². The van der Waals surface area contributed by atoms with Crippen LogP contribution in [-0.4, -0.2) is 25.7 Å². The summed E-state index contributed by atoms with van der Waals surface area (Å²) < 4.78 is 4.97. The van der Waals surface area contributed by atoms with Crippen LogP contribution in [0.15, 0.2) is 0 Å². The zero-order chi connectivity index (χ0) is 11.7. The highest BCUT2D eigenvalue weighted by atomic mass is 16.5. The van der Waals surface area contributed by atoms with Gasteiger partial charge < -0.3 is 10.1 Å². The molecule has 0 saturated heterocycles. The fraction of sp³-hybridized carbons (Fsp3) is 0.818. The summed E-state index contributed by atoms with van der Waals surface area (Å²) in [5.41, 5.74) is 0. The Morgan fingerprint density at radius 3 is 2.60 bits per heavy atom. The average Bonchev–Trinajstić information content (AvgIpc) is 2.24. The van der Waals surface area contributed by atoms with Gasteiger partial charge in [0.05, 0.1) is 18.7 Å². The third kappa shape index (κ3) is 5.38. The van der Waals surface area contributed by atoms with Crippen molar-refractivity contribution in [2.24, 2.45) is 5.92 Å². The number of nitrogens with zero attached hydrogens (tertiary/aromatic N) is 1. The van der Waals surface area contributed by atoms with E-state index in [-0.39, 0.29) is 11.9 Å². The van der Waals surface area contributed by atoms with Crippen LogP contribution < -0.4 is 5.32 Å². The molecule has 86 valence electrons. The lowest BCUT2D eigenvalue weighted by molar-refractivity contribution is -0.124. The maximum absolute atomic E-state index is 11.6. The molecule has 0 rings (SSSR count). The van der Waals surface area contributed by atoms with E-state index in [1.807, 2.05) is 19.9 Å². The molecule has 0 aliphatic carbocycles. The molecule has 4 nitrogen and oxygen atoms in total. The molecule has 4 heteroatoms. The summed E-state index contributed by atoms with van der Waals surface area (Å²) in [6.45, 7) is 4.43. The van der Waals surface area contributed by atoms with Crippen molar-refractivity contribution >= 4 is 5.91 Å². The van der Waals surface area contributed by atoms with Gasteiger partial charge in [0.15, 0.2) is 0 Å². The molecule has 0 fully saturated rings. The molecule has 0 aliphatic heterocycles. The van der Waals surface area contributed by atoms with Gasteiger partial charge in [-0.05, 0) is 12.8 Å². The summed E-state index contributed by atoms with van der Waals surface area (Å²) in [5.74, 6) is -0.704. The third-order valence-corrected chi connectivity index (χ3v) is 2.26. The molecular formula is C11H20N2O2. The Morgan fingerprint density at radius 2 is 2.20 bits per heavy atom. The van der Waals surface area contributed by atoms with Crippen molar-refractivity contribution in [3.8, 4) is 6.07 Å². The summed E-state index contributed by atoms with van der Waals surface area (Å²) >= 11 is 0. The number of methoxy groups -OCH3 is 1. The minimum absolute atomic E-state index is 0.00945. The Labute approximate surface area is 91.6 Å². The lowest BCUT2D eigenvalue weighted by Gasteiger charge is -2.17. The van der Waals surface area contributed by atoms with Crippen molar-refractivity contribution in [3.63, 3.8) is 0 Å². The molecule has 0 heterocycles. The second-order valence-corrected chi connectivity index (χ2v) is 3.54. The molecule has 1 amide bonds. The number of rotatable bonds is 7. The van der Waals surface area contributed by atoms with E-state index in [1.165, 1.54) is 0 Å². The molecule has 1 N–H and O–H groups in total. The monoisotopic (exact) mass is 212 g/mol. The number of carbonyl (C=O) groups excluding carboxylic acids is 1. The summed E-state index contributed by atoms with van der Waals surface area (Å²) in [7, 11) is 1.60. The lowest BCUT2D eigenvalue weighted by Crippen LogP contribution is -2.40. The van der Waals surface area contributed by atoms with E-state index in [0.717, 1.165) is 12.8 Å². The normalized spacial score (nSPS) is 14.0. The Bertz CT molecular complexity index is 223. The van der Waals surface area contributed by atoms with E-state index < -0.39 is 5.92 Å². The number of amides is 1. The molecule has 0 saturated carbocycles. The molecule has 0 bridgehead atoms. The Morgan fingerprint density at radius 1 is 1.53 bits per heavy atom. The van der Waals surface area contributed by atoms with Gasteiger partial charge in [0.2, 0.25) is 5.91 Å². The SMILES string of the molecule is CCCC(C#N)C(=O)NC(CC)COC. The predicted octanol–water partition coefficient (Wildman–Crippen LogP) is 1.47. The van der Waals surface area contributed by atoms with E-state index in [9.17, 15) is 4.79 Å². The zero-order valence-corrected chi connectivity index (χ0v) is 9.75. The molecule has 0 aromatic carbocycles. The molecule has 0 spiro atoms. The largest absolute Gasteiger partial charge is 0.383 e. The van der Waals surface area contributed by atoms with Gasteiger partial charge in [0, 0.05) is 7.11 Å². The molecule has 0 aromatic heterocycles. The van der Waals surface area contributed by atoms with E-state index >= 15 is 0 Å². The molecule has 0 aromatic rings. The lowest BCUT2D eigenvalue weighted by atomic mass is 10.0. The molecular weight excluding hydrogens is 192 g/mol. The van der Waals surface area contributed by atoms with E-state index in [2.05, 4.69) is 5.32 Å². The number of hydrogen-bond acceptors (Lipinski definition) is 3. The van der Waals surface area contributed by atoms with E-state index in [1.54, 1.807) is 7.11 Å². The molecule has 0 aliphatic rings. The number of nitriles is 1. The zero-order valence-electron chi connectivity index (χ0n) is 9.75. The number of carbonyl (C=O) groups is 1. The maximum atomic E-state index is 11.6. The van der Waals surface area contributed by atoms with Gasteiger partial charge in [-0.25, -0.2) is 0 Å². The second kappa shape index (κ2) is 8.25. The highest BCUT2D eigenvalue weighted by molar-refractivity contribution is 5.81. The Balaban J connectivity index is 4.13. The maximum Gasteiger partial charge on any atom is 0.237 e. The minimum Gasteiger partial charge on any atom is -0.383 e. The van der Waals surface area contributed by atoms with E-state index in [0.29, 0.717) is 13.0 Å². The molecule has 2 atom stereocenters. The highest BCUT2D eigenvalue weighted by Gasteiger charge is 2.19. The van der Waals surface area contributed by atoms with Crippen LogP contribution in [0.2, 0.25) is 0 Å². The third-order valence-electron chi connectivity index (χ3n) is 2.26. The quantitative estimate of drug-likeness (QED) is 0.695.